The Bertz CT molecular complexity index is 388. The molecule has 0 spiro atoms. The fourth-order valence-electron chi connectivity index (χ4n) is 1.20. The van der Waals surface area contributed by atoms with E-state index in [0.717, 1.165) is 12.1 Å². The van der Waals surface area contributed by atoms with Gasteiger partial charge in [0.25, 0.3) is 0 Å². The van der Waals surface area contributed by atoms with Crippen molar-refractivity contribution in [1.29, 1.82) is 0 Å². The summed E-state index contributed by atoms with van der Waals surface area (Å²) in [6.45, 7) is -0.179. The number of halogens is 4. The smallest absolute Gasteiger partial charge is 0.389 e. The lowest BCUT2D eigenvalue weighted by atomic mass is 10.2. The van der Waals surface area contributed by atoms with E-state index < -0.39 is 18.4 Å². The van der Waals surface area contributed by atoms with Gasteiger partial charge in [0.1, 0.15) is 17.9 Å². The monoisotopic (exact) mass is 250 g/mol. The molecule has 0 saturated carbocycles. The molecule has 0 aliphatic heterocycles. The van der Waals surface area contributed by atoms with Gasteiger partial charge in [0.15, 0.2) is 0 Å². The molecular weight excluding hydrogens is 240 g/mol. The van der Waals surface area contributed by atoms with Crippen LogP contribution >= 0.6 is 0 Å². The van der Waals surface area contributed by atoms with Gasteiger partial charge in [-0.25, -0.2) is 4.39 Å². The third kappa shape index (κ3) is 5.33. The number of benzene rings is 1. The maximum Gasteiger partial charge on any atom is 0.389 e. The first-order valence-electron chi connectivity index (χ1n) is 4.86. The van der Waals surface area contributed by atoms with Crippen LogP contribution in [0.3, 0.4) is 0 Å². The Hall–Kier alpha value is -1.59. The van der Waals surface area contributed by atoms with Crippen molar-refractivity contribution < 1.29 is 27.1 Å². The maximum absolute atomic E-state index is 12.9. The summed E-state index contributed by atoms with van der Waals surface area (Å²) in [5, 5.41) is 0. The van der Waals surface area contributed by atoms with Gasteiger partial charge in [-0.2, -0.15) is 13.2 Å². The van der Waals surface area contributed by atoms with E-state index in [1.807, 2.05) is 0 Å². The molecule has 6 heteroatoms. The second-order valence-electron chi connectivity index (χ2n) is 3.41. The lowest BCUT2D eigenvalue weighted by Gasteiger charge is -2.08. The number of carbonyl (C=O) groups excluding carboxylic acids is 1. The Morgan fingerprint density at radius 3 is 2.53 bits per heavy atom. The average Bonchev–Trinajstić information content (AvgIpc) is 2.22. The van der Waals surface area contributed by atoms with Crippen LogP contribution in [0.15, 0.2) is 18.2 Å². The normalized spacial score (nSPS) is 11.3. The third-order valence-corrected chi connectivity index (χ3v) is 1.90. The van der Waals surface area contributed by atoms with Gasteiger partial charge < -0.3 is 4.74 Å². The molecule has 94 valence electrons. The standard InChI is InChI=1S/C11H10F4O2/c12-9-4-8(7-16)5-10(6-9)17-3-1-2-11(13,14)15/h4-7H,1-3H2. The third-order valence-electron chi connectivity index (χ3n) is 1.90. The molecule has 0 heterocycles. The van der Waals surface area contributed by atoms with Gasteiger partial charge in [-0.1, -0.05) is 0 Å². The lowest BCUT2D eigenvalue weighted by molar-refractivity contribution is -0.136. The Kier molecular flexibility index (Phi) is 4.48. The molecule has 0 bridgehead atoms. The van der Waals surface area contributed by atoms with Crippen LogP contribution in [0.1, 0.15) is 23.2 Å². The molecule has 1 aromatic carbocycles. The lowest BCUT2D eigenvalue weighted by Crippen LogP contribution is -2.09. The molecule has 0 radical (unpaired) electrons. The van der Waals surface area contributed by atoms with Crippen molar-refractivity contribution >= 4 is 6.29 Å². The van der Waals surface area contributed by atoms with Gasteiger partial charge in [-0.3, -0.25) is 4.79 Å². The zero-order chi connectivity index (χ0) is 12.9. The Morgan fingerprint density at radius 2 is 1.94 bits per heavy atom. The minimum atomic E-state index is -4.22. The summed E-state index contributed by atoms with van der Waals surface area (Å²) < 4.78 is 53.2. The van der Waals surface area contributed by atoms with Crippen LogP contribution in [0, 0.1) is 5.82 Å². The van der Waals surface area contributed by atoms with E-state index in [1.54, 1.807) is 0 Å². The predicted molar refractivity (Wildman–Crippen MR) is 52.6 cm³/mol. The number of carbonyl (C=O) groups is 1. The first kappa shape index (κ1) is 13.5. The highest BCUT2D eigenvalue weighted by atomic mass is 19.4. The van der Waals surface area contributed by atoms with E-state index in [4.69, 9.17) is 4.74 Å². The highest BCUT2D eigenvalue weighted by Gasteiger charge is 2.26. The molecule has 0 aliphatic carbocycles. The van der Waals surface area contributed by atoms with Crippen molar-refractivity contribution in [3.63, 3.8) is 0 Å². The Morgan fingerprint density at radius 1 is 1.24 bits per heavy atom. The van der Waals surface area contributed by atoms with Crippen LogP contribution in [-0.4, -0.2) is 19.1 Å². The van der Waals surface area contributed by atoms with Gasteiger partial charge in [0.05, 0.1) is 6.61 Å². The molecular formula is C11H10F4O2. The topological polar surface area (TPSA) is 26.3 Å². The van der Waals surface area contributed by atoms with E-state index in [9.17, 15) is 22.4 Å². The molecule has 0 N–H and O–H groups in total. The average molecular weight is 250 g/mol. The molecule has 2 nitrogen and oxygen atoms in total. The Labute approximate surface area is 95.2 Å². The van der Waals surface area contributed by atoms with E-state index in [-0.39, 0.29) is 24.3 Å². The molecule has 0 fully saturated rings. The maximum atomic E-state index is 12.9. The number of alkyl halides is 3. The number of hydrogen-bond acceptors (Lipinski definition) is 2. The van der Waals surface area contributed by atoms with Crippen LogP contribution < -0.4 is 4.74 Å². The molecule has 0 unspecified atom stereocenters. The number of ether oxygens (including phenoxy) is 1. The van der Waals surface area contributed by atoms with Crippen LogP contribution in [0.5, 0.6) is 5.75 Å². The molecule has 0 amide bonds. The van der Waals surface area contributed by atoms with E-state index >= 15 is 0 Å². The van der Waals surface area contributed by atoms with Gasteiger partial charge >= 0.3 is 6.18 Å². The molecule has 0 atom stereocenters. The molecule has 1 aromatic rings. The fourth-order valence-corrected chi connectivity index (χ4v) is 1.20. The van der Waals surface area contributed by atoms with E-state index in [0.29, 0.717) is 6.29 Å². The summed E-state index contributed by atoms with van der Waals surface area (Å²) in [6, 6.07) is 3.29. The molecule has 0 aromatic heterocycles. The van der Waals surface area contributed by atoms with Gasteiger partial charge in [-0.05, 0) is 18.6 Å². The summed E-state index contributed by atoms with van der Waals surface area (Å²) in [4.78, 5) is 10.4. The van der Waals surface area contributed by atoms with Crippen molar-refractivity contribution in [1.82, 2.24) is 0 Å². The first-order chi connectivity index (χ1) is 7.90. The van der Waals surface area contributed by atoms with Crippen molar-refractivity contribution in [2.75, 3.05) is 6.61 Å². The SMILES string of the molecule is O=Cc1cc(F)cc(OCCCC(F)(F)F)c1. The second-order valence-corrected chi connectivity index (χ2v) is 3.41. The van der Waals surface area contributed by atoms with Gasteiger partial charge in [-0.15, -0.1) is 0 Å². The zero-order valence-electron chi connectivity index (χ0n) is 8.76. The minimum absolute atomic E-state index is 0.0503. The van der Waals surface area contributed by atoms with Crippen LogP contribution in [0.2, 0.25) is 0 Å². The van der Waals surface area contributed by atoms with Crippen molar-refractivity contribution in [2.24, 2.45) is 0 Å². The summed E-state index contributed by atoms with van der Waals surface area (Å²) in [5.41, 5.74) is 0.0795. The number of rotatable bonds is 5. The summed E-state index contributed by atoms with van der Waals surface area (Å²) in [7, 11) is 0. The predicted octanol–water partition coefficient (Wildman–Crippen LogP) is 3.36. The van der Waals surface area contributed by atoms with Crippen LogP contribution in [0.4, 0.5) is 17.6 Å². The molecule has 17 heavy (non-hydrogen) atoms. The van der Waals surface area contributed by atoms with Gasteiger partial charge in [0.2, 0.25) is 0 Å². The minimum Gasteiger partial charge on any atom is -0.493 e. The van der Waals surface area contributed by atoms with E-state index in [2.05, 4.69) is 0 Å². The quantitative estimate of drug-likeness (QED) is 0.455. The number of hydrogen-bond donors (Lipinski definition) is 0. The van der Waals surface area contributed by atoms with Gasteiger partial charge in [0, 0.05) is 18.1 Å². The van der Waals surface area contributed by atoms with Crippen molar-refractivity contribution in [3.8, 4) is 5.75 Å². The molecule has 0 aliphatic rings. The highest BCUT2D eigenvalue weighted by molar-refractivity contribution is 5.75. The summed E-state index contributed by atoms with van der Waals surface area (Å²) in [6.07, 6.45) is -4.95. The fraction of sp³-hybridized carbons (Fsp3) is 0.364. The van der Waals surface area contributed by atoms with Crippen molar-refractivity contribution in [2.45, 2.75) is 19.0 Å². The van der Waals surface area contributed by atoms with Crippen LogP contribution in [-0.2, 0) is 0 Å². The van der Waals surface area contributed by atoms with E-state index in [1.165, 1.54) is 6.07 Å². The zero-order valence-corrected chi connectivity index (χ0v) is 8.76. The highest BCUT2D eigenvalue weighted by Crippen LogP contribution is 2.22. The van der Waals surface area contributed by atoms with Crippen molar-refractivity contribution in [3.05, 3.63) is 29.6 Å². The molecule has 0 saturated heterocycles. The Balaban J connectivity index is 2.46. The molecule has 1 rings (SSSR count). The first-order valence-corrected chi connectivity index (χ1v) is 4.86. The largest absolute Gasteiger partial charge is 0.493 e. The summed E-state index contributed by atoms with van der Waals surface area (Å²) >= 11 is 0. The second kappa shape index (κ2) is 5.65. The summed E-state index contributed by atoms with van der Waals surface area (Å²) in [5.74, 6) is -0.616. The van der Waals surface area contributed by atoms with Crippen LogP contribution in [0.25, 0.3) is 0 Å². The number of aldehydes is 1.